The maximum atomic E-state index is 11.9. The van der Waals surface area contributed by atoms with Gasteiger partial charge in [-0.2, -0.15) is 5.10 Å². The minimum absolute atomic E-state index is 0.222. The smallest absolute Gasteiger partial charge is 0.287 e. The SMILES string of the molecule is CCCn1ncc(NN2CCCCC2)c(Cl)c1=O. The van der Waals surface area contributed by atoms with Crippen LogP contribution in [0.3, 0.4) is 0 Å². The van der Waals surface area contributed by atoms with Crippen molar-refractivity contribution in [3.63, 3.8) is 0 Å². The number of hydrazine groups is 1. The Bertz CT molecular complexity index is 454. The highest BCUT2D eigenvalue weighted by atomic mass is 35.5. The first-order valence-electron chi connectivity index (χ1n) is 6.49. The van der Waals surface area contributed by atoms with Crippen LogP contribution in [0.4, 0.5) is 5.69 Å². The molecule has 0 amide bonds. The molecule has 0 aromatic carbocycles. The molecule has 0 bridgehead atoms. The van der Waals surface area contributed by atoms with E-state index in [2.05, 4.69) is 15.5 Å². The van der Waals surface area contributed by atoms with Crippen molar-refractivity contribution in [1.82, 2.24) is 14.8 Å². The minimum atomic E-state index is -0.222. The normalized spacial score (nSPS) is 16.8. The molecule has 18 heavy (non-hydrogen) atoms. The van der Waals surface area contributed by atoms with E-state index in [1.165, 1.54) is 23.9 Å². The Morgan fingerprint density at radius 1 is 1.39 bits per heavy atom. The molecule has 1 saturated heterocycles. The molecule has 0 saturated carbocycles. The van der Waals surface area contributed by atoms with Crippen molar-refractivity contribution in [2.24, 2.45) is 0 Å². The maximum absolute atomic E-state index is 11.9. The van der Waals surface area contributed by atoms with E-state index in [9.17, 15) is 4.79 Å². The van der Waals surface area contributed by atoms with Crippen molar-refractivity contribution in [1.29, 1.82) is 0 Å². The van der Waals surface area contributed by atoms with Gasteiger partial charge in [0.15, 0.2) is 0 Å². The molecule has 1 aliphatic heterocycles. The molecule has 0 aliphatic carbocycles. The molecule has 1 aromatic rings. The zero-order valence-electron chi connectivity index (χ0n) is 10.7. The van der Waals surface area contributed by atoms with Gasteiger partial charge in [-0.05, 0) is 19.3 Å². The van der Waals surface area contributed by atoms with E-state index in [-0.39, 0.29) is 10.6 Å². The van der Waals surface area contributed by atoms with Crippen LogP contribution < -0.4 is 11.0 Å². The first-order chi connectivity index (χ1) is 8.72. The van der Waals surface area contributed by atoms with E-state index in [1.807, 2.05) is 6.92 Å². The molecule has 2 rings (SSSR count). The Morgan fingerprint density at radius 3 is 2.78 bits per heavy atom. The number of aromatic nitrogens is 2. The standard InChI is InChI=1S/C12H19ClN4O/c1-2-6-17-12(18)11(13)10(9-14-17)15-16-7-4-3-5-8-16/h9,15H,2-8H2,1H3. The summed E-state index contributed by atoms with van der Waals surface area (Å²) in [5.74, 6) is 0. The van der Waals surface area contributed by atoms with Crippen LogP contribution in [0.2, 0.25) is 5.02 Å². The molecule has 2 heterocycles. The summed E-state index contributed by atoms with van der Waals surface area (Å²) >= 11 is 6.09. The van der Waals surface area contributed by atoms with Crippen LogP contribution in [0.5, 0.6) is 0 Å². The third-order valence-corrected chi connectivity index (χ3v) is 3.42. The highest BCUT2D eigenvalue weighted by Crippen LogP contribution is 2.18. The van der Waals surface area contributed by atoms with Gasteiger partial charge in [0.1, 0.15) is 5.02 Å². The van der Waals surface area contributed by atoms with Crippen molar-refractivity contribution >= 4 is 17.3 Å². The van der Waals surface area contributed by atoms with Gasteiger partial charge in [-0.1, -0.05) is 24.9 Å². The third-order valence-electron chi connectivity index (χ3n) is 3.05. The number of nitrogens with one attached hydrogen (secondary N) is 1. The molecule has 100 valence electrons. The number of piperidine rings is 1. The Kier molecular flexibility index (Phi) is 4.60. The van der Waals surface area contributed by atoms with Gasteiger partial charge in [-0.25, -0.2) is 9.69 Å². The quantitative estimate of drug-likeness (QED) is 0.911. The van der Waals surface area contributed by atoms with Gasteiger partial charge in [-0.3, -0.25) is 4.79 Å². The Morgan fingerprint density at radius 2 is 2.11 bits per heavy atom. The highest BCUT2D eigenvalue weighted by molar-refractivity contribution is 6.32. The topological polar surface area (TPSA) is 50.2 Å². The lowest BCUT2D eigenvalue weighted by Gasteiger charge is -2.28. The maximum Gasteiger partial charge on any atom is 0.287 e. The third kappa shape index (κ3) is 3.03. The molecule has 1 aromatic heterocycles. The first-order valence-corrected chi connectivity index (χ1v) is 6.87. The summed E-state index contributed by atoms with van der Waals surface area (Å²) < 4.78 is 1.41. The largest absolute Gasteiger partial charge is 0.316 e. The number of rotatable bonds is 4. The van der Waals surface area contributed by atoms with Crippen molar-refractivity contribution in [2.45, 2.75) is 39.2 Å². The first kappa shape index (κ1) is 13.4. The lowest BCUT2D eigenvalue weighted by Crippen LogP contribution is -2.36. The summed E-state index contributed by atoms with van der Waals surface area (Å²) in [6, 6.07) is 0. The fraction of sp³-hybridized carbons (Fsp3) is 0.667. The molecule has 5 nitrogen and oxygen atoms in total. The van der Waals surface area contributed by atoms with Gasteiger partial charge >= 0.3 is 0 Å². The van der Waals surface area contributed by atoms with Crippen molar-refractivity contribution < 1.29 is 0 Å². The van der Waals surface area contributed by atoms with Crippen molar-refractivity contribution in [3.8, 4) is 0 Å². The minimum Gasteiger partial charge on any atom is -0.316 e. The van der Waals surface area contributed by atoms with Crippen LogP contribution in [-0.2, 0) is 6.54 Å². The van der Waals surface area contributed by atoms with Crippen LogP contribution >= 0.6 is 11.6 Å². The fourth-order valence-corrected chi connectivity index (χ4v) is 2.28. The molecule has 1 aliphatic rings. The number of hydrogen-bond acceptors (Lipinski definition) is 4. The lowest BCUT2D eigenvalue weighted by molar-refractivity contribution is 0.273. The van der Waals surface area contributed by atoms with E-state index in [1.54, 1.807) is 6.20 Å². The highest BCUT2D eigenvalue weighted by Gasteiger charge is 2.14. The summed E-state index contributed by atoms with van der Waals surface area (Å²) in [4.78, 5) is 11.9. The summed E-state index contributed by atoms with van der Waals surface area (Å²) in [7, 11) is 0. The number of anilines is 1. The molecular formula is C12H19ClN4O. The summed E-state index contributed by atoms with van der Waals surface area (Å²) in [6.07, 6.45) is 6.11. The Hall–Kier alpha value is -1.07. The fourth-order valence-electron chi connectivity index (χ4n) is 2.09. The van der Waals surface area contributed by atoms with E-state index >= 15 is 0 Å². The van der Waals surface area contributed by atoms with Crippen LogP contribution in [0.25, 0.3) is 0 Å². The zero-order chi connectivity index (χ0) is 13.0. The average molecular weight is 271 g/mol. The lowest BCUT2D eigenvalue weighted by atomic mass is 10.2. The second kappa shape index (κ2) is 6.20. The molecule has 1 fully saturated rings. The van der Waals surface area contributed by atoms with E-state index in [4.69, 9.17) is 11.6 Å². The van der Waals surface area contributed by atoms with Gasteiger partial charge in [0.05, 0.1) is 11.9 Å². The van der Waals surface area contributed by atoms with Crippen LogP contribution in [0.15, 0.2) is 11.0 Å². The van der Waals surface area contributed by atoms with Crippen LogP contribution in [0.1, 0.15) is 32.6 Å². The van der Waals surface area contributed by atoms with Crippen LogP contribution in [0, 0.1) is 0 Å². The van der Waals surface area contributed by atoms with Gasteiger partial charge in [0.2, 0.25) is 0 Å². The second-order valence-electron chi connectivity index (χ2n) is 4.56. The number of aryl methyl sites for hydroxylation is 1. The predicted octanol–water partition coefficient (Wildman–Crippen LogP) is 2.12. The number of nitrogens with zero attached hydrogens (tertiary/aromatic N) is 3. The van der Waals surface area contributed by atoms with Crippen LogP contribution in [-0.4, -0.2) is 27.9 Å². The summed E-state index contributed by atoms with van der Waals surface area (Å²) in [5, 5.41) is 6.44. The van der Waals surface area contributed by atoms with Gasteiger partial charge in [0, 0.05) is 19.6 Å². The van der Waals surface area contributed by atoms with Gasteiger partial charge < -0.3 is 5.43 Å². The van der Waals surface area contributed by atoms with E-state index < -0.39 is 0 Å². The Balaban J connectivity index is 2.13. The molecule has 0 unspecified atom stereocenters. The summed E-state index contributed by atoms with van der Waals surface area (Å²) in [6.45, 7) is 4.56. The molecule has 0 radical (unpaired) electrons. The van der Waals surface area contributed by atoms with Gasteiger partial charge in [-0.15, -0.1) is 0 Å². The average Bonchev–Trinajstić information content (AvgIpc) is 2.40. The number of hydrogen-bond donors (Lipinski definition) is 1. The molecular weight excluding hydrogens is 252 g/mol. The van der Waals surface area contributed by atoms with E-state index in [0.29, 0.717) is 12.2 Å². The summed E-state index contributed by atoms with van der Waals surface area (Å²) in [5.41, 5.74) is 3.57. The molecule has 0 spiro atoms. The predicted molar refractivity (Wildman–Crippen MR) is 72.8 cm³/mol. The zero-order valence-corrected chi connectivity index (χ0v) is 11.4. The van der Waals surface area contributed by atoms with Crippen molar-refractivity contribution in [3.05, 3.63) is 21.6 Å². The molecule has 1 N–H and O–H groups in total. The van der Waals surface area contributed by atoms with Crippen molar-refractivity contribution in [2.75, 3.05) is 18.5 Å². The second-order valence-corrected chi connectivity index (χ2v) is 4.94. The molecule has 0 atom stereocenters. The number of halogens is 1. The molecule has 6 heteroatoms. The van der Waals surface area contributed by atoms with E-state index in [0.717, 1.165) is 19.5 Å². The Labute approximate surface area is 112 Å². The monoisotopic (exact) mass is 270 g/mol. The van der Waals surface area contributed by atoms with Gasteiger partial charge in [0.25, 0.3) is 5.56 Å².